The Labute approximate surface area is 118 Å². The number of nitrogen functional groups attached to an aromatic ring is 1. The SMILES string of the molecule is CCOC(=O)c1c(N)nsc1NCCCCC(C)C. The van der Waals surface area contributed by atoms with Gasteiger partial charge in [0.1, 0.15) is 10.6 Å². The highest BCUT2D eigenvalue weighted by atomic mass is 32.1. The van der Waals surface area contributed by atoms with Crippen LogP contribution in [0.3, 0.4) is 0 Å². The summed E-state index contributed by atoms with van der Waals surface area (Å²) in [6.45, 7) is 7.36. The summed E-state index contributed by atoms with van der Waals surface area (Å²) in [4.78, 5) is 11.8. The molecule has 0 aliphatic heterocycles. The maximum Gasteiger partial charge on any atom is 0.344 e. The van der Waals surface area contributed by atoms with Gasteiger partial charge in [-0.2, -0.15) is 4.37 Å². The second-order valence-corrected chi connectivity index (χ2v) is 5.58. The number of rotatable bonds is 8. The van der Waals surface area contributed by atoms with Gasteiger partial charge < -0.3 is 15.8 Å². The molecule has 0 amide bonds. The van der Waals surface area contributed by atoms with Crippen LogP contribution < -0.4 is 11.1 Å². The van der Waals surface area contributed by atoms with Gasteiger partial charge in [-0.1, -0.05) is 26.7 Å². The van der Waals surface area contributed by atoms with E-state index in [1.807, 2.05) is 0 Å². The van der Waals surface area contributed by atoms with Crippen LogP contribution >= 0.6 is 11.5 Å². The minimum absolute atomic E-state index is 0.244. The van der Waals surface area contributed by atoms with Crippen molar-refractivity contribution < 1.29 is 9.53 Å². The number of carbonyl (C=O) groups is 1. The van der Waals surface area contributed by atoms with E-state index in [0.29, 0.717) is 17.2 Å². The summed E-state index contributed by atoms with van der Waals surface area (Å²) in [7, 11) is 0. The third-order valence-corrected chi connectivity index (χ3v) is 3.51. The summed E-state index contributed by atoms with van der Waals surface area (Å²) in [6.07, 6.45) is 3.46. The Hall–Kier alpha value is -1.30. The minimum Gasteiger partial charge on any atom is -0.462 e. The number of hydrogen-bond acceptors (Lipinski definition) is 6. The summed E-state index contributed by atoms with van der Waals surface area (Å²) in [5.41, 5.74) is 6.07. The molecule has 0 radical (unpaired) electrons. The van der Waals surface area contributed by atoms with Crippen LogP contribution in [0, 0.1) is 5.92 Å². The molecule has 0 spiro atoms. The fraction of sp³-hybridized carbons (Fsp3) is 0.692. The molecule has 3 N–H and O–H groups in total. The quantitative estimate of drug-likeness (QED) is 0.567. The van der Waals surface area contributed by atoms with Gasteiger partial charge in [0.2, 0.25) is 0 Å². The number of carbonyl (C=O) groups excluding carboxylic acids is 1. The van der Waals surface area contributed by atoms with Gasteiger partial charge in [-0.3, -0.25) is 0 Å². The molecule has 5 nitrogen and oxygen atoms in total. The second kappa shape index (κ2) is 7.99. The van der Waals surface area contributed by atoms with E-state index in [2.05, 4.69) is 23.5 Å². The molecule has 0 saturated heterocycles. The maximum atomic E-state index is 11.8. The van der Waals surface area contributed by atoms with Crippen LogP contribution in [0.1, 0.15) is 50.4 Å². The molecule has 0 aliphatic rings. The molecule has 0 bridgehead atoms. The summed E-state index contributed by atoms with van der Waals surface area (Å²) in [5, 5.41) is 3.93. The lowest BCUT2D eigenvalue weighted by Crippen LogP contribution is -2.10. The van der Waals surface area contributed by atoms with Crippen molar-refractivity contribution in [3.05, 3.63) is 5.56 Å². The van der Waals surface area contributed by atoms with Crippen molar-refractivity contribution in [2.45, 2.75) is 40.0 Å². The number of ether oxygens (including phenoxy) is 1. The highest BCUT2D eigenvalue weighted by molar-refractivity contribution is 7.11. The predicted molar refractivity (Wildman–Crippen MR) is 79.7 cm³/mol. The second-order valence-electron chi connectivity index (χ2n) is 4.81. The van der Waals surface area contributed by atoms with Crippen molar-refractivity contribution in [2.75, 3.05) is 24.2 Å². The van der Waals surface area contributed by atoms with E-state index >= 15 is 0 Å². The molecule has 0 aliphatic carbocycles. The molecule has 6 heteroatoms. The van der Waals surface area contributed by atoms with Gasteiger partial charge in [0.15, 0.2) is 5.82 Å². The van der Waals surface area contributed by atoms with Crippen LogP contribution in [0.25, 0.3) is 0 Å². The van der Waals surface area contributed by atoms with E-state index in [0.717, 1.165) is 18.9 Å². The standard InChI is InChI=1S/C13H23N3O2S/c1-4-18-13(17)10-11(14)16-19-12(10)15-8-6-5-7-9(2)3/h9,15H,4-8H2,1-3H3,(H2,14,16). The van der Waals surface area contributed by atoms with E-state index in [9.17, 15) is 4.79 Å². The first-order valence-electron chi connectivity index (χ1n) is 6.72. The summed E-state index contributed by atoms with van der Waals surface area (Å²) in [6, 6.07) is 0. The first-order valence-corrected chi connectivity index (χ1v) is 7.49. The van der Waals surface area contributed by atoms with Gasteiger partial charge in [0.25, 0.3) is 0 Å². The average molecular weight is 285 g/mol. The van der Waals surface area contributed by atoms with E-state index in [-0.39, 0.29) is 5.82 Å². The minimum atomic E-state index is -0.404. The van der Waals surface area contributed by atoms with Crippen LogP contribution in [0.15, 0.2) is 0 Å². The zero-order chi connectivity index (χ0) is 14.3. The van der Waals surface area contributed by atoms with Crippen molar-refractivity contribution in [3.63, 3.8) is 0 Å². The molecular weight excluding hydrogens is 262 g/mol. The van der Waals surface area contributed by atoms with E-state index in [4.69, 9.17) is 10.5 Å². The lowest BCUT2D eigenvalue weighted by molar-refractivity contribution is 0.0529. The Morgan fingerprint density at radius 1 is 1.47 bits per heavy atom. The van der Waals surface area contributed by atoms with Gasteiger partial charge in [0, 0.05) is 6.54 Å². The highest BCUT2D eigenvalue weighted by Gasteiger charge is 2.19. The zero-order valence-corrected chi connectivity index (χ0v) is 12.7. The number of esters is 1. The Morgan fingerprint density at radius 3 is 2.84 bits per heavy atom. The smallest absolute Gasteiger partial charge is 0.344 e. The molecule has 19 heavy (non-hydrogen) atoms. The Kier molecular flexibility index (Phi) is 6.62. The fourth-order valence-electron chi connectivity index (χ4n) is 1.70. The highest BCUT2D eigenvalue weighted by Crippen LogP contribution is 2.27. The van der Waals surface area contributed by atoms with Crippen LogP contribution in [-0.4, -0.2) is 23.5 Å². The fourth-order valence-corrected chi connectivity index (χ4v) is 2.43. The van der Waals surface area contributed by atoms with Crippen molar-refractivity contribution in [3.8, 4) is 0 Å². The normalized spacial score (nSPS) is 10.7. The zero-order valence-electron chi connectivity index (χ0n) is 11.9. The average Bonchev–Trinajstić information content (AvgIpc) is 2.70. The van der Waals surface area contributed by atoms with Crippen LogP contribution in [-0.2, 0) is 4.74 Å². The first kappa shape index (κ1) is 15.8. The molecule has 1 rings (SSSR count). The van der Waals surface area contributed by atoms with E-state index in [1.54, 1.807) is 6.92 Å². The molecule has 0 saturated carbocycles. The Bertz CT molecular complexity index is 405. The van der Waals surface area contributed by atoms with Crippen LogP contribution in [0.5, 0.6) is 0 Å². The monoisotopic (exact) mass is 285 g/mol. The molecule has 0 atom stereocenters. The molecular formula is C13H23N3O2S. The van der Waals surface area contributed by atoms with Crippen molar-refractivity contribution in [2.24, 2.45) is 5.92 Å². The van der Waals surface area contributed by atoms with Gasteiger partial charge in [-0.05, 0) is 30.8 Å². The maximum absolute atomic E-state index is 11.8. The lowest BCUT2D eigenvalue weighted by Gasteiger charge is -2.07. The van der Waals surface area contributed by atoms with Gasteiger partial charge >= 0.3 is 5.97 Å². The van der Waals surface area contributed by atoms with Crippen LogP contribution in [0.4, 0.5) is 10.8 Å². The molecule has 1 aromatic heterocycles. The molecule has 0 fully saturated rings. The molecule has 0 aromatic carbocycles. The predicted octanol–water partition coefficient (Wildman–Crippen LogP) is 3.14. The number of nitrogens with two attached hydrogens (primary N) is 1. The number of unbranched alkanes of at least 4 members (excludes halogenated alkanes) is 1. The topological polar surface area (TPSA) is 77.2 Å². The number of hydrogen-bond donors (Lipinski definition) is 2. The molecule has 1 heterocycles. The van der Waals surface area contributed by atoms with Gasteiger partial charge in [-0.15, -0.1) is 0 Å². The molecule has 1 aromatic rings. The van der Waals surface area contributed by atoms with E-state index < -0.39 is 5.97 Å². The van der Waals surface area contributed by atoms with Gasteiger partial charge in [0.05, 0.1) is 6.61 Å². The lowest BCUT2D eigenvalue weighted by atomic mass is 10.1. The van der Waals surface area contributed by atoms with Crippen molar-refractivity contribution in [1.29, 1.82) is 0 Å². The van der Waals surface area contributed by atoms with Gasteiger partial charge in [-0.25, -0.2) is 4.79 Å². The van der Waals surface area contributed by atoms with Crippen molar-refractivity contribution >= 4 is 28.3 Å². The molecule has 108 valence electrons. The molecule has 0 unspecified atom stereocenters. The Balaban J connectivity index is 2.47. The first-order chi connectivity index (χ1) is 9.06. The number of anilines is 2. The Morgan fingerprint density at radius 2 is 2.21 bits per heavy atom. The van der Waals surface area contributed by atoms with E-state index in [1.165, 1.54) is 24.4 Å². The summed E-state index contributed by atoms with van der Waals surface area (Å²) in [5.74, 6) is 0.570. The largest absolute Gasteiger partial charge is 0.462 e. The van der Waals surface area contributed by atoms with Crippen LogP contribution in [0.2, 0.25) is 0 Å². The van der Waals surface area contributed by atoms with Crippen molar-refractivity contribution in [1.82, 2.24) is 4.37 Å². The number of nitrogens with one attached hydrogen (secondary N) is 1. The number of nitrogens with zero attached hydrogens (tertiary/aromatic N) is 1. The third-order valence-electron chi connectivity index (χ3n) is 2.69. The third kappa shape index (κ3) is 5.06. The summed E-state index contributed by atoms with van der Waals surface area (Å²) >= 11 is 1.21. The number of aromatic nitrogens is 1. The summed E-state index contributed by atoms with van der Waals surface area (Å²) < 4.78 is 8.98.